The number of para-hydroxylation sites is 1. The molecule has 2 fully saturated rings. The van der Waals surface area contributed by atoms with Gasteiger partial charge in [0, 0.05) is 6.04 Å². The summed E-state index contributed by atoms with van der Waals surface area (Å²) in [5.41, 5.74) is 0.897. The molecule has 0 saturated heterocycles. The molecule has 0 spiro atoms. The molecule has 2 aromatic rings. The smallest absolute Gasteiger partial charge is 0.262 e. The van der Waals surface area contributed by atoms with E-state index >= 15 is 0 Å². The van der Waals surface area contributed by atoms with Crippen LogP contribution in [0.2, 0.25) is 0 Å². The maximum absolute atomic E-state index is 12.8. The number of nitrogens with one attached hydrogen (secondary N) is 1. The van der Waals surface area contributed by atoms with E-state index in [1.165, 1.54) is 25.7 Å². The molecule has 110 valence electrons. The lowest BCUT2D eigenvalue weighted by atomic mass is 9.84. The monoisotopic (exact) mass is 300 g/mol. The molecule has 3 nitrogen and oxygen atoms in total. The maximum Gasteiger partial charge on any atom is 0.262 e. The van der Waals surface area contributed by atoms with E-state index in [9.17, 15) is 4.79 Å². The number of aromatic amines is 1. The van der Waals surface area contributed by atoms with Crippen molar-refractivity contribution in [2.45, 2.75) is 38.6 Å². The van der Waals surface area contributed by atoms with Crippen molar-refractivity contribution in [1.29, 1.82) is 0 Å². The average molecular weight is 300 g/mol. The topological polar surface area (TPSA) is 37.8 Å². The molecule has 4 heteroatoms. The Labute approximate surface area is 129 Å². The van der Waals surface area contributed by atoms with Gasteiger partial charge in [-0.15, -0.1) is 0 Å². The number of aromatic nitrogens is 2. The van der Waals surface area contributed by atoms with Gasteiger partial charge in [0.1, 0.15) is 0 Å². The van der Waals surface area contributed by atoms with Crippen LogP contribution in [0.15, 0.2) is 29.1 Å². The minimum Gasteiger partial charge on any atom is -0.332 e. The van der Waals surface area contributed by atoms with Crippen molar-refractivity contribution in [3.05, 3.63) is 39.4 Å². The molecule has 4 atom stereocenters. The van der Waals surface area contributed by atoms with Gasteiger partial charge in [-0.3, -0.25) is 9.36 Å². The first-order valence-corrected chi connectivity index (χ1v) is 8.29. The summed E-state index contributed by atoms with van der Waals surface area (Å²) in [6, 6.07) is 7.83. The molecule has 21 heavy (non-hydrogen) atoms. The summed E-state index contributed by atoms with van der Waals surface area (Å²) >= 11 is 5.47. The lowest BCUT2D eigenvalue weighted by Gasteiger charge is -2.29. The first-order valence-electron chi connectivity index (χ1n) is 7.88. The van der Waals surface area contributed by atoms with E-state index in [1.54, 1.807) is 0 Å². The van der Waals surface area contributed by atoms with Crippen LogP contribution >= 0.6 is 12.2 Å². The van der Waals surface area contributed by atoms with E-state index in [0.29, 0.717) is 10.7 Å². The number of hydrogen-bond donors (Lipinski definition) is 1. The summed E-state index contributed by atoms with van der Waals surface area (Å²) in [7, 11) is 0. The van der Waals surface area contributed by atoms with Crippen molar-refractivity contribution in [3.63, 3.8) is 0 Å². The fourth-order valence-corrected chi connectivity index (χ4v) is 4.98. The predicted octanol–water partition coefficient (Wildman–Crippen LogP) is 4.06. The Morgan fingerprint density at radius 2 is 2.10 bits per heavy atom. The van der Waals surface area contributed by atoms with Gasteiger partial charge in [-0.2, -0.15) is 0 Å². The molecule has 2 aliphatic carbocycles. The van der Waals surface area contributed by atoms with Gasteiger partial charge in [0.2, 0.25) is 0 Å². The van der Waals surface area contributed by atoms with Crippen LogP contribution in [0.5, 0.6) is 0 Å². The second kappa shape index (κ2) is 4.80. The highest BCUT2D eigenvalue weighted by Crippen LogP contribution is 2.51. The van der Waals surface area contributed by atoms with E-state index in [0.717, 1.165) is 22.7 Å². The van der Waals surface area contributed by atoms with Crippen LogP contribution in [-0.4, -0.2) is 9.55 Å². The summed E-state index contributed by atoms with van der Waals surface area (Å²) in [6.07, 6.45) is 5.33. The lowest BCUT2D eigenvalue weighted by Crippen LogP contribution is -2.31. The molecule has 1 aromatic heterocycles. The minimum absolute atomic E-state index is 0.0598. The Hall–Kier alpha value is -1.42. The van der Waals surface area contributed by atoms with E-state index in [4.69, 9.17) is 12.2 Å². The standard InChI is InChI=1S/C17H20N2OS/c1-10(14-9-11-6-7-12(14)8-11)19-16(20)13-4-2-3-5-15(13)18-17(19)21/h2-5,10-12,14H,6-9H2,1H3,(H,18,21). The Morgan fingerprint density at radius 1 is 1.29 bits per heavy atom. The summed E-state index contributed by atoms with van der Waals surface area (Å²) in [5, 5.41) is 0.737. The Balaban J connectivity index is 1.83. The van der Waals surface area contributed by atoms with E-state index in [1.807, 2.05) is 28.8 Å². The molecule has 4 rings (SSSR count). The third-order valence-corrected chi connectivity index (χ3v) is 5.96. The van der Waals surface area contributed by atoms with Crippen molar-refractivity contribution in [1.82, 2.24) is 9.55 Å². The Kier molecular flexibility index (Phi) is 3.03. The first kappa shape index (κ1) is 13.3. The van der Waals surface area contributed by atoms with Gasteiger partial charge in [0.15, 0.2) is 4.77 Å². The molecule has 2 aliphatic rings. The molecular formula is C17H20N2OS. The van der Waals surface area contributed by atoms with Gasteiger partial charge in [0.05, 0.1) is 10.9 Å². The summed E-state index contributed by atoms with van der Waals surface area (Å²) in [5.74, 6) is 2.28. The van der Waals surface area contributed by atoms with Crippen LogP contribution in [0, 0.1) is 22.5 Å². The number of benzene rings is 1. The molecule has 2 bridgehead atoms. The summed E-state index contributed by atoms with van der Waals surface area (Å²) in [6.45, 7) is 2.17. The summed E-state index contributed by atoms with van der Waals surface area (Å²) < 4.78 is 2.39. The largest absolute Gasteiger partial charge is 0.332 e. The normalized spacial score (nSPS) is 29.1. The Morgan fingerprint density at radius 3 is 2.81 bits per heavy atom. The van der Waals surface area contributed by atoms with Gasteiger partial charge in [-0.05, 0) is 68.3 Å². The molecule has 0 aliphatic heterocycles. The molecule has 0 amide bonds. The highest BCUT2D eigenvalue weighted by Gasteiger charge is 2.42. The number of H-pyrrole nitrogens is 1. The zero-order chi connectivity index (χ0) is 14.6. The van der Waals surface area contributed by atoms with Crippen LogP contribution in [0.3, 0.4) is 0 Å². The molecule has 4 unspecified atom stereocenters. The molecule has 1 aromatic carbocycles. The van der Waals surface area contributed by atoms with Crippen molar-refractivity contribution < 1.29 is 0 Å². The predicted molar refractivity (Wildman–Crippen MR) is 87.0 cm³/mol. The number of hydrogen-bond acceptors (Lipinski definition) is 2. The van der Waals surface area contributed by atoms with E-state index in [2.05, 4.69) is 11.9 Å². The zero-order valence-corrected chi connectivity index (χ0v) is 13.0. The van der Waals surface area contributed by atoms with Crippen LogP contribution in [0.1, 0.15) is 38.6 Å². The molecular weight excluding hydrogens is 280 g/mol. The lowest BCUT2D eigenvalue weighted by molar-refractivity contribution is 0.237. The van der Waals surface area contributed by atoms with Crippen molar-refractivity contribution in [2.24, 2.45) is 17.8 Å². The second-order valence-electron chi connectivity index (χ2n) is 6.73. The van der Waals surface area contributed by atoms with Gasteiger partial charge in [0.25, 0.3) is 5.56 Å². The molecule has 2 saturated carbocycles. The highest BCUT2D eigenvalue weighted by atomic mass is 32.1. The maximum atomic E-state index is 12.8. The van der Waals surface area contributed by atoms with Gasteiger partial charge >= 0.3 is 0 Å². The van der Waals surface area contributed by atoms with Crippen LogP contribution in [-0.2, 0) is 0 Å². The highest BCUT2D eigenvalue weighted by molar-refractivity contribution is 7.71. The van der Waals surface area contributed by atoms with Gasteiger partial charge in [-0.25, -0.2) is 0 Å². The third-order valence-electron chi connectivity index (χ3n) is 5.66. The van der Waals surface area contributed by atoms with Crippen LogP contribution in [0.25, 0.3) is 10.9 Å². The molecule has 1 N–H and O–H groups in total. The van der Waals surface area contributed by atoms with Crippen LogP contribution in [0.4, 0.5) is 0 Å². The number of nitrogens with zero attached hydrogens (tertiary/aromatic N) is 1. The average Bonchev–Trinajstić information content (AvgIpc) is 3.10. The molecule has 0 radical (unpaired) electrons. The number of rotatable bonds is 2. The minimum atomic E-state index is 0.0598. The quantitative estimate of drug-likeness (QED) is 0.849. The van der Waals surface area contributed by atoms with E-state index < -0.39 is 0 Å². The first-order chi connectivity index (χ1) is 10.1. The van der Waals surface area contributed by atoms with Crippen molar-refractivity contribution in [3.8, 4) is 0 Å². The van der Waals surface area contributed by atoms with Crippen LogP contribution < -0.4 is 5.56 Å². The zero-order valence-electron chi connectivity index (χ0n) is 12.2. The van der Waals surface area contributed by atoms with Gasteiger partial charge in [-0.1, -0.05) is 18.6 Å². The fraction of sp³-hybridized carbons (Fsp3) is 0.529. The summed E-state index contributed by atoms with van der Waals surface area (Å²) in [4.78, 5) is 16.1. The van der Waals surface area contributed by atoms with Gasteiger partial charge < -0.3 is 4.98 Å². The second-order valence-corrected chi connectivity index (χ2v) is 7.12. The SMILES string of the molecule is CC(C1CC2CCC1C2)n1c(=S)[nH]c2ccccc2c1=O. The van der Waals surface area contributed by atoms with Crippen molar-refractivity contribution >= 4 is 23.1 Å². The third kappa shape index (κ3) is 2.00. The van der Waals surface area contributed by atoms with Crippen molar-refractivity contribution in [2.75, 3.05) is 0 Å². The Bertz CT molecular complexity index is 806. The van der Waals surface area contributed by atoms with E-state index in [-0.39, 0.29) is 11.6 Å². The fourth-order valence-electron chi connectivity index (χ4n) is 4.62. The number of fused-ring (bicyclic) bond motifs is 3. The molecule has 1 heterocycles.